The van der Waals surface area contributed by atoms with Gasteiger partial charge in [-0.25, -0.2) is 0 Å². The first-order chi connectivity index (χ1) is 10.6. The molecule has 0 bridgehead atoms. The molecule has 2 rings (SSSR count). The number of rotatable bonds is 7. The van der Waals surface area contributed by atoms with Crippen LogP contribution in [0.3, 0.4) is 0 Å². The number of nitrogens with one attached hydrogen (secondary N) is 2. The molecule has 5 nitrogen and oxygen atoms in total. The zero-order valence-corrected chi connectivity index (χ0v) is 13.0. The van der Waals surface area contributed by atoms with Crippen molar-refractivity contribution in [1.29, 1.82) is 0 Å². The number of hydrogen-bond donors (Lipinski definition) is 3. The number of carbonyl (C=O) groups excluding carboxylic acids is 2. The molecule has 5 heteroatoms. The van der Waals surface area contributed by atoms with Gasteiger partial charge in [0, 0.05) is 17.6 Å². The van der Waals surface area contributed by atoms with Gasteiger partial charge >= 0.3 is 11.8 Å². The van der Waals surface area contributed by atoms with Crippen LogP contribution >= 0.6 is 0 Å². The van der Waals surface area contributed by atoms with Gasteiger partial charge in [0.1, 0.15) is 0 Å². The van der Waals surface area contributed by atoms with E-state index in [4.69, 9.17) is 0 Å². The first-order valence-electron chi connectivity index (χ1n) is 7.87. The minimum atomic E-state index is -0.671. The Morgan fingerprint density at radius 3 is 2.41 bits per heavy atom. The number of aliphatic hydroxyl groups is 1. The summed E-state index contributed by atoms with van der Waals surface area (Å²) in [4.78, 5) is 23.6. The van der Waals surface area contributed by atoms with E-state index in [0.717, 1.165) is 32.1 Å². The average molecular weight is 304 g/mol. The van der Waals surface area contributed by atoms with E-state index in [0.29, 0.717) is 12.2 Å². The van der Waals surface area contributed by atoms with Crippen molar-refractivity contribution in [2.24, 2.45) is 5.41 Å². The van der Waals surface area contributed by atoms with Crippen molar-refractivity contribution in [3.8, 4) is 0 Å². The maximum Gasteiger partial charge on any atom is 0.313 e. The lowest BCUT2D eigenvalue weighted by Crippen LogP contribution is -2.39. The van der Waals surface area contributed by atoms with Gasteiger partial charge in [0.2, 0.25) is 0 Å². The second-order valence-electron chi connectivity index (χ2n) is 6.10. The lowest BCUT2D eigenvalue weighted by molar-refractivity contribution is -0.136. The molecule has 22 heavy (non-hydrogen) atoms. The van der Waals surface area contributed by atoms with Crippen molar-refractivity contribution in [2.75, 3.05) is 18.5 Å². The second kappa shape index (κ2) is 7.40. The summed E-state index contributed by atoms with van der Waals surface area (Å²) in [5.41, 5.74) is 1.64. The maximum atomic E-state index is 11.8. The van der Waals surface area contributed by atoms with Gasteiger partial charge in [0.05, 0.1) is 6.61 Å². The minimum Gasteiger partial charge on any atom is -0.396 e. The fraction of sp³-hybridized carbons (Fsp3) is 0.529. The van der Waals surface area contributed by atoms with E-state index in [1.807, 2.05) is 24.3 Å². The Labute approximate surface area is 131 Å². The van der Waals surface area contributed by atoms with E-state index in [1.54, 1.807) is 0 Å². The molecule has 1 aliphatic carbocycles. The van der Waals surface area contributed by atoms with Crippen molar-refractivity contribution >= 4 is 17.5 Å². The van der Waals surface area contributed by atoms with Gasteiger partial charge in [-0.2, -0.15) is 0 Å². The quantitative estimate of drug-likeness (QED) is 0.673. The number of carbonyl (C=O) groups is 2. The summed E-state index contributed by atoms with van der Waals surface area (Å²) in [5.74, 6) is -1.33. The van der Waals surface area contributed by atoms with Crippen molar-refractivity contribution < 1.29 is 14.7 Å². The van der Waals surface area contributed by atoms with Crippen LogP contribution in [0.1, 0.15) is 38.2 Å². The first kappa shape index (κ1) is 16.5. The summed E-state index contributed by atoms with van der Waals surface area (Å²) in [7, 11) is 0. The van der Waals surface area contributed by atoms with Gasteiger partial charge in [-0.1, -0.05) is 25.5 Å². The predicted molar refractivity (Wildman–Crippen MR) is 85.4 cm³/mol. The Morgan fingerprint density at radius 1 is 1.18 bits per heavy atom. The number of anilines is 1. The molecule has 3 N–H and O–H groups in total. The van der Waals surface area contributed by atoms with Crippen LogP contribution in [0.2, 0.25) is 0 Å². The van der Waals surface area contributed by atoms with E-state index in [1.165, 1.54) is 5.56 Å². The van der Waals surface area contributed by atoms with E-state index in [9.17, 15) is 14.7 Å². The van der Waals surface area contributed by atoms with Crippen molar-refractivity contribution in [2.45, 2.75) is 39.0 Å². The molecular weight excluding hydrogens is 280 g/mol. The summed E-state index contributed by atoms with van der Waals surface area (Å²) in [5, 5.41) is 14.3. The zero-order chi connectivity index (χ0) is 16.0. The minimum absolute atomic E-state index is 0.0497. The predicted octanol–water partition coefficient (Wildman–Crippen LogP) is 1.86. The number of aryl methyl sites for hydroxylation is 1. The van der Waals surface area contributed by atoms with Crippen LogP contribution in [-0.2, 0) is 16.0 Å². The summed E-state index contributed by atoms with van der Waals surface area (Å²) in [6.45, 7) is 2.55. The number of aliphatic hydroxyl groups excluding tert-OH is 1. The SMILES string of the molecule is CCCCc1ccc(NC(=O)C(=O)NCC2(CO)CC2)cc1. The van der Waals surface area contributed by atoms with Crippen LogP contribution in [0, 0.1) is 5.41 Å². The molecule has 1 aliphatic rings. The lowest BCUT2D eigenvalue weighted by Gasteiger charge is -2.12. The van der Waals surface area contributed by atoms with E-state index in [2.05, 4.69) is 17.6 Å². The fourth-order valence-electron chi connectivity index (χ4n) is 2.24. The molecule has 1 aromatic carbocycles. The molecule has 0 aliphatic heterocycles. The molecule has 0 spiro atoms. The topological polar surface area (TPSA) is 78.4 Å². The lowest BCUT2D eigenvalue weighted by atomic mass is 10.1. The van der Waals surface area contributed by atoms with Crippen LogP contribution in [-0.4, -0.2) is 30.1 Å². The molecule has 2 amide bonds. The highest BCUT2D eigenvalue weighted by Crippen LogP contribution is 2.44. The Kier molecular flexibility index (Phi) is 5.55. The molecule has 0 unspecified atom stereocenters. The second-order valence-corrected chi connectivity index (χ2v) is 6.10. The van der Waals surface area contributed by atoms with Crippen molar-refractivity contribution in [1.82, 2.24) is 5.32 Å². The van der Waals surface area contributed by atoms with Crippen LogP contribution in [0.5, 0.6) is 0 Å². The summed E-state index contributed by atoms with van der Waals surface area (Å²) in [6.07, 6.45) is 5.10. The third-order valence-corrected chi connectivity index (χ3v) is 4.15. The number of unbranched alkanes of at least 4 members (excludes halogenated alkanes) is 1. The van der Waals surface area contributed by atoms with Gasteiger partial charge in [-0.15, -0.1) is 0 Å². The molecule has 0 heterocycles. The molecule has 120 valence electrons. The molecular formula is C17H24N2O3. The number of amides is 2. The van der Waals surface area contributed by atoms with E-state index >= 15 is 0 Å². The van der Waals surface area contributed by atoms with Crippen LogP contribution in [0.15, 0.2) is 24.3 Å². The Hall–Kier alpha value is -1.88. The van der Waals surface area contributed by atoms with Crippen LogP contribution in [0.4, 0.5) is 5.69 Å². The molecule has 1 saturated carbocycles. The normalized spacial score (nSPS) is 15.2. The molecule has 1 fully saturated rings. The zero-order valence-electron chi connectivity index (χ0n) is 13.0. The largest absolute Gasteiger partial charge is 0.396 e. The Balaban J connectivity index is 1.79. The number of hydrogen-bond acceptors (Lipinski definition) is 3. The molecule has 0 radical (unpaired) electrons. The number of benzene rings is 1. The van der Waals surface area contributed by atoms with Gasteiger partial charge in [-0.3, -0.25) is 9.59 Å². The van der Waals surface area contributed by atoms with Crippen molar-refractivity contribution in [3.63, 3.8) is 0 Å². The average Bonchev–Trinajstić information content (AvgIpc) is 3.32. The Morgan fingerprint density at radius 2 is 1.86 bits per heavy atom. The highest BCUT2D eigenvalue weighted by atomic mass is 16.3. The molecule has 0 saturated heterocycles. The monoisotopic (exact) mass is 304 g/mol. The standard InChI is InChI=1S/C17H24N2O3/c1-2-3-4-13-5-7-14(8-6-13)19-16(22)15(21)18-11-17(12-20)9-10-17/h5-8,20H,2-4,9-12H2,1H3,(H,18,21)(H,19,22). The van der Waals surface area contributed by atoms with E-state index < -0.39 is 11.8 Å². The summed E-state index contributed by atoms with van der Waals surface area (Å²) >= 11 is 0. The van der Waals surface area contributed by atoms with Gasteiger partial charge in [-0.05, 0) is 43.4 Å². The first-order valence-corrected chi connectivity index (χ1v) is 7.87. The fourth-order valence-corrected chi connectivity index (χ4v) is 2.24. The van der Waals surface area contributed by atoms with Gasteiger partial charge in [0.15, 0.2) is 0 Å². The highest BCUT2D eigenvalue weighted by molar-refractivity contribution is 6.39. The Bertz CT molecular complexity index is 521. The molecule has 0 atom stereocenters. The third kappa shape index (κ3) is 4.56. The maximum absolute atomic E-state index is 11.8. The smallest absolute Gasteiger partial charge is 0.313 e. The van der Waals surface area contributed by atoms with Crippen molar-refractivity contribution in [3.05, 3.63) is 29.8 Å². The molecule has 1 aromatic rings. The highest BCUT2D eigenvalue weighted by Gasteiger charge is 2.42. The van der Waals surface area contributed by atoms with Gasteiger partial charge < -0.3 is 15.7 Å². The summed E-state index contributed by atoms with van der Waals surface area (Å²) < 4.78 is 0. The van der Waals surface area contributed by atoms with Crippen LogP contribution in [0.25, 0.3) is 0 Å². The third-order valence-electron chi connectivity index (χ3n) is 4.15. The van der Waals surface area contributed by atoms with E-state index in [-0.39, 0.29) is 12.0 Å². The summed E-state index contributed by atoms with van der Waals surface area (Å²) in [6, 6.07) is 7.56. The van der Waals surface area contributed by atoms with Gasteiger partial charge in [0.25, 0.3) is 0 Å². The molecule has 0 aromatic heterocycles. The van der Waals surface area contributed by atoms with Crippen LogP contribution < -0.4 is 10.6 Å².